The van der Waals surface area contributed by atoms with Crippen LogP contribution in [-0.2, 0) is 10.8 Å². The Kier molecular flexibility index (Phi) is 8.68. The van der Waals surface area contributed by atoms with Crippen LogP contribution in [0.1, 0.15) is 47.2 Å². The average Bonchev–Trinajstić information content (AvgIpc) is 3.77. The molecule has 12 rings (SSSR count). The molecule has 0 N–H and O–H groups in total. The second-order valence-electron chi connectivity index (χ2n) is 17.7. The first-order chi connectivity index (χ1) is 31.4. The third-order valence-corrected chi connectivity index (χ3v) is 14.0. The van der Waals surface area contributed by atoms with E-state index < -0.39 is 5.41 Å². The van der Waals surface area contributed by atoms with Crippen LogP contribution >= 0.6 is 0 Å². The Morgan fingerprint density at radius 2 is 0.828 bits per heavy atom. The van der Waals surface area contributed by atoms with Crippen LogP contribution < -0.4 is 4.90 Å². The van der Waals surface area contributed by atoms with Crippen molar-refractivity contribution in [2.45, 2.75) is 24.7 Å². The first-order valence-corrected chi connectivity index (χ1v) is 22.2. The topological polar surface area (TPSA) is 3.24 Å². The van der Waals surface area contributed by atoms with Gasteiger partial charge in [-0.2, -0.15) is 0 Å². The lowest BCUT2D eigenvalue weighted by Gasteiger charge is -2.35. The van der Waals surface area contributed by atoms with E-state index >= 15 is 4.39 Å². The molecule has 0 aliphatic heterocycles. The molecule has 64 heavy (non-hydrogen) atoms. The van der Waals surface area contributed by atoms with E-state index in [4.69, 9.17) is 0 Å². The SMILES string of the molecule is CC1(C)c2ccccc2-c2ccc(N(c3cccc(-c4cccc5cccc(-c6ccccc6F)c45)c3)c3ccc4c(c3)C(c3ccccc3)(c3ccccc3)c3ccccc3-4)cc21. The average molecular weight is 822 g/mol. The second kappa shape index (κ2) is 14.6. The molecular formula is C62H44FN. The minimum atomic E-state index is -0.550. The fraction of sp³-hybridized carbons (Fsp3) is 0.0645. The van der Waals surface area contributed by atoms with Crippen LogP contribution in [0.4, 0.5) is 21.5 Å². The molecule has 10 aromatic carbocycles. The summed E-state index contributed by atoms with van der Waals surface area (Å²) < 4.78 is 15.6. The van der Waals surface area contributed by atoms with E-state index in [1.807, 2.05) is 24.3 Å². The summed E-state index contributed by atoms with van der Waals surface area (Å²) in [7, 11) is 0. The summed E-state index contributed by atoms with van der Waals surface area (Å²) in [6.45, 7) is 4.70. The minimum absolute atomic E-state index is 0.184. The van der Waals surface area contributed by atoms with Gasteiger partial charge in [0.15, 0.2) is 0 Å². The standard InChI is InChI=1S/C62H44FN/c1-61(2)55-31-12-9-26-49(55)51-36-34-46(39-57(51)61)64(45-25-15-20-42(38-45)48-29-16-18-41-19-17-30-54(60(41)48)53-28-11-14-33-59(53)63)47-35-37-52-50-27-10-13-32-56(50)62(58(52)40-47,43-21-5-3-6-22-43)44-23-7-4-8-24-44/h3-40H,1-2H3. The number of halogens is 1. The lowest BCUT2D eigenvalue weighted by Crippen LogP contribution is -2.28. The monoisotopic (exact) mass is 821 g/mol. The van der Waals surface area contributed by atoms with Crippen molar-refractivity contribution in [1.29, 1.82) is 0 Å². The summed E-state index contributed by atoms with van der Waals surface area (Å²) in [5, 5.41) is 2.10. The minimum Gasteiger partial charge on any atom is -0.310 e. The highest BCUT2D eigenvalue weighted by molar-refractivity contribution is 6.07. The van der Waals surface area contributed by atoms with E-state index in [2.05, 4.69) is 213 Å². The smallest absolute Gasteiger partial charge is 0.131 e. The third-order valence-electron chi connectivity index (χ3n) is 14.0. The van der Waals surface area contributed by atoms with Gasteiger partial charge in [-0.15, -0.1) is 0 Å². The van der Waals surface area contributed by atoms with Gasteiger partial charge in [0.05, 0.1) is 5.41 Å². The third kappa shape index (κ3) is 5.62. The highest BCUT2D eigenvalue weighted by atomic mass is 19.1. The molecule has 0 unspecified atom stereocenters. The fourth-order valence-electron chi connectivity index (χ4n) is 11.1. The van der Waals surface area contributed by atoms with Crippen LogP contribution in [0.25, 0.3) is 55.3 Å². The number of benzene rings is 10. The number of hydrogen-bond donors (Lipinski definition) is 0. The van der Waals surface area contributed by atoms with Crippen molar-refractivity contribution in [1.82, 2.24) is 0 Å². The molecule has 1 nitrogen and oxygen atoms in total. The van der Waals surface area contributed by atoms with Crippen LogP contribution in [0.2, 0.25) is 0 Å². The molecule has 0 fully saturated rings. The summed E-state index contributed by atoms with van der Waals surface area (Å²) in [5.41, 5.74) is 18.8. The zero-order valence-corrected chi connectivity index (χ0v) is 35.8. The normalized spacial score (nSPS) is 13.8. The molecule has 0 heterocycles. The Bertz CT molecular complexity index is 3390. The van der Waals surface area contributed by atoms with Crippen molar-refractivity contribution < 1.29 is 4.39 Å². The number of hydrogen-bond acceptors (Lipinski definition) is 1. The van der Waals surface area contributed by atoms with Gasteiger partial charge in [-0.05, 0) is 126 Å². The van der Waals surface area contributed by atoms with E-state index in [9.17, 15) is 0 Å². The Hall–Kier alpha value is -7.81. The summed E-state index contributed by atoms with van der Waals surface area (Å²) in [4.78, 5) is 2.44. The van der Waals surface area contributed by atoms with Crippen molar-refractivity contribution in [2.75, 3.05) is 4.90 Å². The molecule has 0 radical (unpaired) electrons. The highest BCUT2D eigenvalue weighted by Gasteiger charge is 2.46. The van der Waals surface area contributed by atoms with Gasteiger partial charge in [0.1, 0.15) is 5.82 Å². The molecule has 0 amide bonds. The van der Waals surface area contributed by atoms with Crippen LogP contribution in [-0.4, -0.2) is 0 Å². The number of fused-ring (bicyclic) bond motifs is 7. The van der Waals surface area contributed by atoms with Gasteiger partial charge in [0.2, 0.25) is 0 Å². The molecule has 10 aromatic rings. The zero-order valence-electron chi connectivity index (χ0n) is 35.8. The van der Waals surface area contributed by atoms with Crippen molar-refractivity contribution in [3.05, 3.63) is 270 Å². The molecule has 304 valence electrons. The molecule has 2 aliphatic carbocycles. The molecule has 0 bridgehead atoms. The molecule has 0 spiro atoms. The number of nitrogens with zero attached hydrogens (tertiary/aromatic N) is 1. The van der Waals surface area contributed by atoms with Crippen molar-refractivity contribution in [3.8, 4) is 44.5 Å². The van der Waals surface area contributed by atoms with Gasteiger partial charge in [-0.1, -0.05) is 202 Å². The van der Waals surface area contributed by atoms with Gasteiger partial charge in [0, 0.05) is 28.0 Å². The number of rotatable bonds is 7. The molecule has 0 saturated heterocycles. The van der Waals surface area contributed by atoms with Crippen LogP contribution in [0.3, 0.4) is 0 Å². The summed E-state index contributed by atoms with van der Waals surface area (Å²) >= 11 is 0. The highest BCUT2D eigenvalue weighted by Crippen LogP contribution is 2.58. The maximum absolute atomic E-state index is 15.6. The fourth-order valence-corrected chi connectivity index (χ4v) is 11.1. The Morgan fingerprint density at radius 3 is 1.50 bits per heavy atom. The Morgan fingerprint density at radius 1 is 0.344 bits per heavy atom. The van der Waals surface area contributed by atoms with Crippen LogP contribution in [0, 0.1) is 5.82 Å². The second-order valence-corrected chi connectivity index (χ2v) is 17.7. The van der Waals surface area contributed by atoms with Gasteiger partial charge in [-0.3, -0.25) is 0 Å². The quantitative estimate of drug-likeness (QED) is 0.155. The Labute approximate surface area is 374 Å². The van der Waals surface area contributed by atoms with Crippen LogP contribution in [0.5, 0.6) is 0 Å². The molecular weight excluding hydrogens is 778 g/mol. The molecule has 0 saturated carbocycles. The molecule has 0 aromatic heterocycles. The first kappa shape index (κ1) is 37.9. The molecule has 2 heteroatoms. The predicted molar refractivity (Wildman–Crippen MR) is 264 cm³/mol. The van der Waals surface area contributed by atoms with Crippen molar-refractivity contribution in [3.63, 3.8) is 0 Å². The van der Waals surface area contributed by atoms with Gasteiger partial charge >= 0.3 is 0 Å². The summed E-state index contributed by atoms with van der Waals surface area (Å²) in [5.74, 6) is -0.229. The zero-order chi connectivity index (χ0) is 43.0. The molecule has 0 atom stereocenters. The van der Waals surface area contributed by atoms with E-state index in [1.165, 1.54) is 55.6 Å². The lowest BCUT2D eigenvalue weighted by atomic mass is 9.67. The molecule has 2 aliphatic rings. The lowest BCUT2D eigenvalue weighted by molar-refractivity contribution is 0.631. The predicted octanol–water partition coefficient (Wildman–Crippen LogP) is 16.5. The summed E-state index contributed by atoms with van der Waals surface area (Å²) in [6.07, 6.45) is 0. The van der Waals surface area contributed by atoms with Gasteiger partial charge in [-0.25, -0.2) is 4.39 Å². The van der Waals surface area contributed by atoms with E-state index in [0.29, 0.717) is 5.56 Å². The van der Waals surface area contributed by atoms with Crippen molar-refractivity contribution >= 4 is 27.8 Å². The van der Waals surface area contributed by atoms with E-state index in [-0.39, 0.29) is 11.2 Å². The van der Waals surface area contributed by atoms with E-state index in [1.54, 1.807) is 12.1 Å². The maximum Gasteiger partial charge on any atom is 0.131 e. The Balaban J connectivity index is 1.11. The first-order valence-electron chi connectivity index (χ1n) is 22.2. The van der Waals surface area contributed by atoms with Crippen molar-refractivity contribution in [2.24, 2.45) is 0 Å². The largest absolute Gasteiger partial charge is 0.310 e. The number of anilines is 3. The maximum atomic E-state index is 15.6. The van der Waals surface area contributed by atoms with Gasteiger partial charge in [0.25, 0.3) is 0 Å². The van der Waals surface area contributed by atoms with Gasteiger partial charge < -0.3 is 4.90 Å². The summed E-state index contributed by atoms with van der Waals surface area (Å²) in [6, 6.07) is 82.5. The van der Waals surface area contributed by atoms with Crippen LogP contribution in [0.15, 0.2) is 231 Å². The van der Waals surface area contributed by atoms with E-state index in [0.717, 1.165) is 44.5 Å².